The van der Waals surface area contributed by atoms with Gasteiger partial charge >= 0.3 is 11.9 Å². The van der Waals surface area contributed by atoms with Crippen LogP contribution in [-0.4, -0.2) is 19.5 Å². The summed E-state index contributed by atoms with van der Waals surface area (Å²) < 4.78 is 51.9. The minimum atomic E-state index is -4.63. The number of nitrogens with one attached hydrogen (secondary N) is 1. The highest BCUT2D eigenvalue weighted by atomic mass is 35.5. The molecule has 0 saturated carbocycles. The maximum atomic E-state index is 13.0. The molecule has 1 heterocycles. The smallest absolute Gasteiger partial charge is 0.307 e. The Hall–Kier alpha value is -2.39. The van der Waals surface area contributed by atoms with E-state index in [0.29, 0.717) is 27.3 Å². The molecule has 5 nitrogen and oxygen atoms in total. The number of halogens is 4. The number of aromatic amines is 1. The van der Waals surface area contributed by atoms with Gasteiger partial charge in [0.15, 0.2) is 0 Å². The first-order valence-electron chi connectivity index (χ1n) is 8.12. The molecule has 0 spiro atoms. The van der Waals surface area contributed by atoms with E-state index in [9.17, 15) is 27.0 Å². The zero-order valence-corrected chi connectivity index (χ0v) is 16.0. The first-order valence-corrected chi connectivity index (χ1v) is 9.82. The molecule has 1 N–H and O–H groups in total. The van der Waals surface area contributed by atoms with E-state index in [4.69, 9.17) is 11.6 Å². The quantitative estimate of drug-likeness (QED) is 0.688. The Labute approximate surface area is 164 Å². The molecule has 1 aromatic heterocycles. The van der Waals surface area contributed by atoms with Crippen LogP contribution in [0.1, 0.15) is 18.1 Å². The molecule has 0 aliphatic rings. The van der Waals surface area contributed by atoms with Crippen molar-refractivity contribution in [3.8, 4) is 0 Å². The number of alkyl halides is 3. The zero-order chi connectivity index (χ0) is 20.6. The fraction of sp³-hybridized carbons (Fsp3) is 0.222. The van der Waals surface area contributed by atoms with Crippen LogP contribution in [0.2, 0.25) is 5.02 Å². The Bertz CT molecular complexity index is 1200. The number of hydrogen-bond donors (Lipinski definition) is 1. The van der Waals surface area contributed by atoms with E-state index in [-0.39, 0.29) is 17.4 Å². The Morgan fingerprint density at radius 1 is 1.14 bits per heavy atom. The maximum Gasteiger partial charge on any atom is 0.416 e. The van der Waals surface area contributed by atoms with Gasteiger partial charge in [-0.1, -0.05) is 18.5 Å². The highest BCUT2D eigenvalue weighted by Crippen LogP contribution is 2.30. The Morgan fingerprint density at radius 3 is 2.50 bits per heavy atom. The van der Waals surface area contributed by atoms with Gasteiger partial charge in [-0.05, 0) is 42.0 Å². The van der Waals surface area contributed by atoms with E-state index in [1.54, 1.807) is 13.0 Å². The lowest BCUT2D eigenvalue weighted by atomic mass is 10.1. The van der Waals surface area contributed by atoms with Gasteiger partial charge in [0, 0.05) is 15.7 Å². The lowest BCUT2D eigenvalue weighted by Crippen LogP contribution is -2.35. The van der Waals surface area contributed by atoms with E-state index in [1.807, 2.05) is 0 Å². The van der Waals surface area contributed by atoms with Crippen LogP contribution in [0.4, 0.5) is 13.2 Å². The van der Waals surface area contributed by atoms with Crippen LogP contribution in [0, 0.1) is 0 Å². The molecule has 0 saturated heterocycles. The van der Waals surface area contributed by atoms with Gasteiger partial charge in [-0.25, -0.2) is 4.79 Å². The van der Waals surface area contributed by atoms with E-state index in [0.717, 1.165) is 16.7 Å². The lowest BCUT2D eigenvalue weighted by molar-refractivity contribution is -0.137. The van der Waals surface area contributed by atoms with Crippen molar-refractivity contribution in [1.82, 2.24) is 9.55 Å². The zero-order valence-electron chi connectivity index (χ0n) is 14.5. The van der Waals surface area contributed by atoms with E-state index < -0.39 is 33.8 Å². The molecule has 28 heavy (non-hydrogen) atoms. The molecule has 0 amide bonds. The summed E-state index contributed by atoms with van der Waals surface area (Å²) in [5, 5.41) is 0.0473. The van der Waals surface area contributed by atoms with Crippen LogP contribution in [0.15, 0.2) is 50.9 Å². The summed E-state index contributed by atoms with van der Waals surface area (Å²) in [4.78, 5) is 27.9. The molecule has 148 valence electrons. The molecule has 0 bridgehead atoms. The van der Waals surface area contributed by atoms with E-state index in [2.05, 4.69) is 4.98 Å². The number of fused-ring (bicyclic) bond motifs is 1. The first kappa shape index (κ1) is 20.3. The Balaban J connectivity index is 2.20. The second-order valence-corrected chi connectivity index (χ2v) is 8.11. The van der Waals surface area contributed by atoms with Gasteiger partial charge in [0.25, 0.3) is 5.56 Å². The maximum absolute atomic E-state index is 13.0. The molecule has 3 rings (SSSR count). The first-order chi connectivity index (χ1) is 13.1. The molecule has 3 aromatic rings. The molecular weight excluding hydrogens is 417 g/mol. The Morgan fingerprint density at radius 2 is 1.86 bits per heavy atom. The molecule has 0 radical (unpaired) electrons. The van der Waals surface area contributed by atoms with E-state index in [1.165, 1.54) is 12.1 Å². The van der Waals surface area contributed by atoms with Crippen LogP contribution in [0.25, 0.3) is 10.9 Å². The average molecular weight is 431 g/mol. The fourth-order valence-corrected chi connectivity index (χ4v) is 3.93. The lowest BCUT2D eigenvalue weighted by Gasteiger charge is -2.12. The normalized spacial score (nSPS) is 13.0. The van der Waals surface area contributed by atoms with Crippen molar-refractivity contribution >= 4 is 33.3 Å². The summed E-state index contributed by atoms with van der Waals surface area (Å²) in [6.45, 7) is 1.43. The summed E-state index contributed by atoms with van der Waals surface area (Å²) >= 11 is 5.98. The van der Waals surface area contributed by atoms with Crippen LogP contribution in [-0.2, 0) is 23.5 Å². The van der Waals surface area contributed by atoms with Gasteiger partial charge in [-0.2, -0.15) is 13.2 Å². The summed E-state index contributed by atoms with van der Waals surface area (Å²) in [6.07, 6.45) is -4.63. The Kier molecular flexibility index (Phi) is 5.49. The third-order valence-corrected chi connectivity index (χ3v) is 5.82. The second kappa shape index (κ2) is 7.56. The van der Waals surface area contributed by atoms with Crippen molar-refractivity contribution in [3.63, 3.8) is 0 Å². The SMILES string of the molecule is CCS(=O)c1ccc(Cl)cc1Cn1c(=O)[nH]c2ccc(C(F)(F)F)cc2c1=O. The molecule has 1 atom stereocenters. The third-order valence-electron chi connectivity index (χ3n) is 4.17. The van der Waals surface area contributed by atoms with Crippen molar-refractivity contribution in [2.45, 2.75) is 24.5 Å². The predicted molar refractivity (Wildman–Crippen MR) is 101 cm³/mol. The molecule has 10 heteroatoms. The summed E-state index contributed by atoms with van der Waals surface area (Å²) in [6, 6.07) is 7.10. The topological polar surface area (TPSA) is 71.9 Å². The van der Waals surface area contributed by atoms with E-state index >= 15 is 0 Å². The van der Waals surface area contributed by atoms with Crippen molar-refractivity contribution in [3.05, 3.63) is 73.4 Å². The van der Waals surface area contributed by atoms with Crippen molar-refractivity contribution < 1.29 is 17.4 Å². The van der Waals surface area contributed by atoms with Crippen LogP contribution < -0.4 is 11.2 Å². The van der Waals surface area contributed by atoms with Gasteiger partial charge in [0.2, 0.25) is 0 Å². The van der Waals surface area contributed by atoms with Gasteiger partial charge < -0.3 is 4.98 Å². The fourth-order valence-electron chi connectivity index (χ4n) is 2.79. The monoisotopic (exact) mass is 430 g/mol. The van der Waals surface area contributed by atoms with Crippen molar-refractivity contribution in [1.29, 1.82) is 0 Å². The molecule has 2 aromatic carbocycles. The minimum Gasteiger partial charge on any atom is -0.307 e. The minimum absolute atomic E-state index is 0.00250. The molecular formula is C18H14ClF3N2O3S. The largest absolute Gasteiger partial charge is 0.416 e. The third kappa shape index (κ3) is 3.90. The van der Waals surface area contributed by atoms with Crippen LogP contribution in [0.3, 0.4) is 0 Å². The van der Waals surface area contributed by atoms with Crippen molar-refractivity contribution in [2.75, 3.05) is 5.75 Å². The summed E-state index contributed by atoms with van der Waals surface area (Å²) in [7, 11) is -1.37. The van der Waals surface area contributed by atoms with Gasteiger partial charge in [-0.15, -0.1) is 0 Å². The number of hydrogen-bond acceptors (Lipinski definition) is 3. The van der Waals surface area contributed by atoms with Gasteiger partial charge in [-0.3, -0.25) is 13.6 Å². The summed E-state index contributed by atoms with van der Waals surface area (Å²) in [5.74, 6) is 0.312. The average Bonchev–Trinajstić information content (AvgIpc) is 2.63. The number of rotatable bonds is 4. The molecule has 0 aliphatic carbocycles. The van der Waals surface area contributed by atoms with Crippen molar-refractivity contribution in [2.24, 2.45) is 0 Å². The van der Waals surface area contributed by atoms with Gasteiger partial charge in [0.1, 0.15) is 0 Å². The second-order valence-electron chi connectivity index (χ2n) is 5.97. The number of nitrogens with zero attached hydrogens (tertiary/aromatic N) is 1. The van der Waals surface area contributed by atoms with Crippen LogP contribution in [0.5, 0.6) is 0 Å². The molecule has 0 fully saturated rings. The van der Waals surface area contributed by atoms with Gasteiger partial charge in [0.05, 0.1) is 33.8 Å². The number of benzene rings is 2. The standard InChI is InChI=1S/C18H14ClF3N2O3S/c1-2-28(27)15-6-4-12(19)7-10(15)9-24-16(25)13-8-11(18(20,21)22)3-5-14(13)23-17(24)26/h3-8H,2,9H2,1H3,(H,23,26). The number of H-pyrrole nitrogens is 1. The highest BCUT2D eigenvalue weighted by Gasteiger charge is 2.31. The number of aromatic nitrogens is 2. The predicted octanol–water partition coefficient (Wildman–Crippen LogP) is 3.54. The molecule has 1 unspecified atom stereocenters. The summed E-state index contributed by atoms with van der Waals surface area (Å²) in [5.41, 5.74) is -2.27. The van der Waals surface area contributed by atoms with Crippen LogP contribution >= 0.6 is 11.6 Å². The molecule has 0 aliphatic heterocycles. The highest BCUT2D eigenvalue weighted by molar-refractivity contribution is 7.85.